The number of thiophene rings is 1. The number of rotatable bonds is 3. The van der Waals surface area contributed by atoms with Crippen LogP contribution in [0.2, 0.25) is 0 Å². The minimum atomic E-state index is 0.667. The Bertz CT molecular complexity index is 758. The molecule has 0 aliphatic carbocycles. The van der Waals surface area contributed by atoms with Gasteiger partial charge in [0, 0.05) is 25.8 Å². The molecule has 0 spiro atoms. The van der Waals surface area contributed by atoms with E-state index in [4.69, 9.17) is 0 Å². The van der Waals surface area contributed by atoms with E-state index in [9.17, 15) is 0 Å². The molecule has 0 unspecified atom stereocenters. The number of hydrogen-bond acceptors (Lipinski definition) is 6. The molecule has 0 saturated carbocycles. The van der Waals surface area contributed by atoms with Gasteiger partial charge >= 0.3 is 0 Å². The maximum atomic E-state index is 4.54. The van der Waals surface area contributed by atoms with Gasteiger partial charge in [0.2, 0.25) is 0 Å². The summed E-state index contributed by atoms with van der Waals surface area (Å²) in [6.45, 7) is 5.16. The quantitative estimate of drug-likeness (QED) is 0.743. The molecule has 7 heteroatoms. The Hall–Kier alpha value is -2.02. The number of anilines is 1. The highest BCUT2D eigenvalue weighted by Gasteiger charge is 2.22. The van der Waals surface area contributed by atoms with Crippen LogP contribution in [0.4, 0.5) is 5.82 Å². The molecule has 0 aromatic carbocycles. The molecule has 3 aromatic rings. The highest BCUT2D eigenvalue weighted by atomic mass is 32.1. The zero-order valence-corrected chi connectivity index (χ0v) is 13.3. The van der Waals surface area contributed by atoms with Gasteiger partial charge in [-0.05, 0) is 36.6 Å². The van der Waals surface area contributed by atoms with E-state index >= 15 is 0 Å². The largest absolute Gasteiger partial charge is 0.355 e. The molecule has 0 bridgehead atoms. The summed E-state index contributed by atoms with van der Waals surface area (Å²) < 4.78 is 3.15. The van der Waals surface area contributed by atoms with Crippen molar-refractivity contribution in [3.05, 3.63) is 29.7 Å². The molecular formula is C15H18N6S. The molecule has 0 amide bonds. The molecule has 114 valence electrons. The average molecular weight is 314 g/mol. The zero-order valence-electron chi connectivity index (χ0n) is 12.5. The van der Waals surface area contributed by atoms with Crippen molar-refractivity contribution >= 4 is 27.4 Å². The molecule has 1 fully saturated rings. The van der Waals surface area contributed by atoms with Crippen molar-refractivity contribution in [1.29, 1.82) is 0 Å². The van der Waals surface area contributed by atoms with E-state index in [0.717, 1.165) is 43.8 Å². The minimum absolute atomic E-state index is 0.667. The van der Waals surface area contributed by atoms with E-state index in [-0.39, 0.29) is 0 Å². The Labute approximate surface area is 132 Å². The van der Waals surface area contributed by atoms with Gasteiger partial charge in [0.15, 0.2) is 0 Å². The van der Waals surface area contributed by atoms with Gasteiger partial charge in [0.05, 0.1) is 16.4 Å². The van der Waals surface area contributed by atoms with E-state index < -0.39 is 0 Å². The smallest absolute Gasteiger partial charge is 0.150 e. The first-order chi connectivity index (χ1) is 10.8. The van der Waals surface area contributed by atoms with Crippen molar-refractivity contribution in [2.75, 3.05) is 18.0 Å². The third-order valence-corrected chi connectivity index (χ3v) is 5.43. The van der Waals surface area contributed by atoms with E-state index in [1.165, 1.54) is 10.3 Å². The second kappa shape index (κ2) is 5.64. The minimum Gasteiger partial charge on any atom is -0.355 e. The van der Waals surface area contributed by atoms with E-state index in [0.29, 0.717) is 5.92 Å². The van der Waals surface area contributed by atoms with E-state index in [1.807, 2.05) is 10.9 Å². The van der Waals surface area contributed by atoms with Crippen LogP contribution < -0.4 is 4.90 Å². The summed E-state index contributed by atoms with van der Waals surface area (Å²) in [5, 5.41) is 10.1. The highest BCUT2D eigenvalue weighted by molar-refractivity contribution is 7.18. The lowest BCUT2D eigenvalue weighted by Gasteiger charge is -2.32. The predicted molar refractivity (Wildman–Crippen MR) is 87.1 cm³/mol. The van der Waals surface area contributed by atoms with Gasteiger partial charge in [-0.2, -0.15) is 0 Å². The molecule has 1 aliphatic heterocycles. The Morgan fingerprint density at radius 1 is 1.27 bits per heavy atom. The van der Waals surface area contributed by atoms with E-state index in [1.54, 1.807) is 23.9 Å². The summed E-state index contributed by atoms with van der Waals surface area (Å²) >= 11 is 1.75. The van der Waals surface area contributed by atoms with Crippen molar-refractivity contribution in [1.82, 2.24) is 25.0 Å². The molecule has 6 nitrogen and oxygen atoms in total. The van der Waals surface area contributed by atoms with Gasteiger partial charge in [0.25, 0.3) is 0 Å². The van der Waals surface area contributed by atoms with Crippen LogP contribution >= 0.6 is 11.3 Å². The number of nitrogens with zero attached hydrogens (tertiary/aromatic N) is 6. The molecule has 4 heterocycles. The molecule has 22 heavy (non-hydrogen) atoms. The van der Waals surface area contributed by atoms with Gasteiger partial charge in [-0.15, -0.1) is 16.4 Å². The molecule has 3 aromatic heterocycles. The normalized spacial score (nSPS) is 16.5. The third kappa shape index (κ3) is 2.45. The van der Waals surface area contributed by atoms with Crippen LogP contribution in [0.5, 0.6) is 0 Å². The average Bonchev–Trinajstić information content (AvgIpc) is 3.18. The first-order valence-corrected chi connectivity index (χ1v) is 8.47. The summed E-state index contributed by atoms with van der Waals surface area (Å²) in [5.74, 6) is 1.77. The van der Waals surface area contributed by atoms with Gasteiger partial charge in [-0.1, -0.05) is 5.21 Å². The monoisotopic (exact) mass is 314 g/mol. The first kappa shape index (κ1) is 13.6. The van der Waals surface area contributed by atoms with Gasteiger partial charge < -0.3 is 4.90 Å². The van der Waals surface area contributed by atoms with Crippen LogP contribution in [-0.4, -0.2) is 38.1 Å². The Morgan fingerprint density at radius 3 is 2.91 bits per heavy atom. The van der Waals surface area contributed by atoms with Crippen molar-refractivity contribution < 1.29 is 0 Å². The number of aryl methyl sites for hydroxylation is 1. The summed E-state index contributed by atoms with van der Waals surface area (Å²) in [6, 6.07) is 0. The number of hydrogen-bond donors (Lipinski definition) is 0. The Balaban J connectivity index is 1.48. The molecule has 0 N–H and O–H groups in total. The van der Waals surface area contributed by atoms with Gasteiger partial charge in [-0.25, -0.2) is 9.97 Å². The first-order valence-electron chi connectivity index (χ1n) is 7.59. The maximum absolute atomic E-state index is 4.54. The van der Waals surface area contributed by atoms with Crippen LogP contribution in [0.15, 0.2) is 24.1 Å². The Kier molecular flexibility index (Phi) is 3.49. The standard InChI is InChI=1S/C15H18N6S/c1-11-9-22-14-13(11)16-10-17-15(14)20-5-2-12(3-6-20)8-21-7-4-18-19-21/h4,7,9-10,12H,2-3,5-6,8H2,1H3. The fourth-order valence-electron chi connectivity index (χ4n) is 3.10. The predicted octanol–water partition coefficient (Wildman–Crippen LogP) is 2.51. The Morgan fingerprint density at radius 2 is 2.14 bits per heavy atom. The highest BCUT2D eigenvalue weighted by Crippen LogP contribution is 2.33. The van der Waals surface area contributed by atoms with E-state index in [2.05, 4.69) is 37.5 Å². The second-order valence-corrected chi connectivity index (χ2v) is 6.73. The third-order valence-electron chi connectivity index (χ3n) is 4.34. The number of aromatic nitrogens is 5. The van der Waals surface area contributed by atoms with Crippen LogP contribution in [0.3, 0.4) is 0 Å². The van der Waals surface area contributed by atoms with Crippen LogP contribution in [0.1, 0.15) is 18.4 Å². The summed E-state index contributed by atoms with van der Waals surface area (Å²) in [4.78, 5) is 11.4. The van der Waals surface area contributed by atoms with Crippen molar-refractivity contribution in [2.45, 2.75) is 26.3 Å². The SMILES string of the molecule is Cc1csc2c(N3CCC(Cn4ccnn4)CC3)ncnc12. The zero-order chi connectivity index (χ0) is 14.9. The van der Waals surface area contributed by atoms with Crippen LogP contribution in [0, 0.1) is 12.8 Å². The van der Waals surface area contributed by atoms with Crippen molar-refractivity contribution in [3.8, 4) is 0 Å². The fourth-order valence-corrected chi connectivity index (χ4v) is 4.12. The summed E-state index contributed by atoms with van der Waals surface area (Å²) in [6.07, 6.45) is 7.70. The van der Waals surface area contributed by atoms with Crippen LogP contribution in [0.25, 0.3) is 10.2 Å². The molecule has 1 saturated heterocycles. The lowest BCUT2D eigenvalue weighted by molar-refractivity contribution is 0.338. The van der Waals surface area contributed by atoms with Crippen LogP contribution in [-0.2, 0) is 6.54 Å². The lowest BCUT2D eigenvalue weighted by Crippen LogP contribution is -2.35. The molecule has 0 radical (unpaired) electrons. The summed E-state index contributed by atoms with van der Waals surface area (Å²) in [7, 11) is 0. The topological polar surface area (TPSA) is 59.7 Å². The van der Waals surface area contributed by atoms with Crippen molar-refractivity contribution in [3.63, 3.8) is 0 Å². The fraction of sp³-hybridized carbons (Fsp3) is 0.467. The lowest BCUT2D eigenvalue weighted by atomic mass is 9.97. The van der Waals surface area contributed by atoms with Gasteiger partial charge in [-0.3, -0.25) is 4.68 Å². The molecule has 4 rings (SSSR count). The number of piperidine rings is 1. The maximum Gasteiger partial charge on any atom is 0.150 e. The van der Waals surface area contributed by atoms with Crippen molar-refractivity contribution in [2.24, 2.45) is 5.92 Å². The molecular weight excluding hydrogens is 296 g/mol. The van der Waals surface area contributed by atoms with Gasteiger partial charge in [0.1, 0.15) is 12.1 Å². The molecule has 1 aliphatic rings. The molecule has 0 atom stereocenters. The number of fused-ring (bicyclic) bond motifs is 1. The second-order valence-electron chi connectivity index (χ2n) is 5.85. The summed E-state index contributed by atoms with van der Waals surface area (Å²) in [5.41, 5.74) is 2.34.